The average molecular weight is 233 g/mol. The van der Waals surface area contributed by atoms with Gasteiger partial charge in [-0.2, -0.15) is 5.26 Å². The third kappa shape index (κ3) is 3.13. The Bertz CT molecular complexity index is 444. The Morgan fingerprint density at radius 3 is 2.18 bits per heavy atom. The fourth-order valence-electron chi connectivity index (χ4n) is 1.73. The van der Waals surface area contributed by atoms with Gasteiger partial charge in [-0.3, -0.25) is 0 Å². The van der Waals surface area contributed by atoms with Crippen molar-refractivity contribution in [2.75, 3.05) is 14.2 Å². The van der Waals surface area contributed by atoms with Crippen LogP contribution in [0.2, 0.25) is 0 Å². The van der Waals surface area contributed by atoms with Gasteiger partial charge in [-0.1, -0.05) is 0 Å². The van der Waals surface area contributed by atoms with E-state index in [2.05, 4.69) is 6.07 Å². The molecule has 0 spiro atoms. The van der Waals surface area contributed by atoms with Gasteiger partial charge in [0, 0.05) is 0 Å². The molecular formula is C14H19NO2. The van der Waals surface area contributed by atoms with Gasteiger partial charge in [0.1, 0.15) is 0 Å². The Balaban J connectivity index is 3.14. The summed E-state index contributed by atoms with van der Waals surface area (Å²) in [6, 6.07) is 6.21. The minimum Gasteiger partial charge on any atom is -0.493 e. The lowest BCUT2D eigenvalue weighted by molar-refractivity contribution is 0.353. The maximum Gasteiger partial charge on any atom is 0.161 e. The van der Waals surface area contributed by atoms with Crippen LogP contribution < -0.4 is 9.47 Å². The summed E-state index contributed by atoms with van der Waals surface area (Å²) in [5, 5.41) is 9.07. The molecule has 0 aliphatic heterocycles. The maximum atomic E-state index is 9.07. The summed E-state index contributed by atoms with van der Waals surface area (Å²) in [7, 11) is 3.24. The molecule has 0 heterocycles. The Kier molecular flexibility index (Phi) is 4.01. The molecule has 0 unspecified atom stereocenters. The van der Waals surface area contributed by atoms with Crippen molar-refractivity contribution >= 4 is 0 Å². The van der Waals surface area contributed by atoms with Crippen molar-refractivity contribution in [3.8, 4) is 17.6 Å². The second-order valence-electron chi connectivity index (χ2n) is 4.81. The molecule has 0 aliphatic carbocycles. The highest BCUT2D eigenvalue weighted by molar-refractivity contribution is 5.47. The fourth-order valence-corrected chi connectivity index (χ4v) is 1.73. The van der Waals surface area contributed by atoms with Crippen molar-refractivity contribution in [2.45, 2.75) is 27.2 Å². The zero-order chi connectivity index (χ0) is 13.1. The van der Waals surface area contributed by atoms with Crippen LogP contribution in [0.15, 0.2) is 12.1 Å². The van der Waals surface area contributed by atoms with Crippen LogP contribution >= 0.6 is 0 Å². The molecule has 1 aromatic rings. The van der Waals surface area contributed by atoms with Crippen molar-refractivity contribution < 1.29 is 9.47 Å². The predicted octanol–water partition coefficient (Wildman–Crippen LogP) is 3.10. The molecule has 1 rings (SSSR count). The first kappa shape index (κ1) is 13.4. The highest BCUT2D eigenvalue weighted by Crippen LogP contribution is 2.33. The summed E-state index contributed by atoms with van der Waals surface area (Å²) < 4.78 is 10.5. The zero-order valence-corrected chi connectivity index (χ0v) is 11.1. The van der Waals surface area contributed by atoms with Gasteiger partial charge in [-0.25, -0.2) is 0 Å². The maximum absolute atomic E-state index is 9.07. The molecule has 1 aromatic carbocycles. The van der Waals surface area contributed by atoms with Gasteiger partial charge < -0.3 is 9.47 Å². The first-order valence-corrected chi connectivity index (χ1v) is 5.56. The van der Waals surface area contributed by atoms with Crippen LogP contribution in [0, 0.1) is 23.7 Å². The van der Waals surface area contributed by atoms with Crippen LogP contribution in [0.1, 0.15) is 25.0 Å². The first-order chi connectivity index (χ1) is 7.93. The number of benzene rings is 1. The van der Waals surface area contributed by atoms with Crippen LogP contribution in [0.25, 0.3) is 0 Å². The highest BCUT2D eigenvalue weighted by Gasteiger charge is 2.20. The van der Waals surface area contributed by atoms with Gasteiger partial charge in [0.15, 0.2) is 11.5 Å². The summed E-state index contributed by atoms with van der Waals surface area (Å²) in [6.45, 7) is 5.89. The van der Waals surface area contributed by atoms with Crippen molar-refractivity contribution in [1.29, 1.82) is 5.26 Å². The van der Waals surface area contributed by atoms with Gasteiger partial charge in [-0.15, -0.1) is 0 Å². The van der Waals surface area contributed by atoms with E-state index < -0.39 is 0 Å². The number of hydrogen-bond donors (Lipinski definition) is 0. The summed E-state index contributed by atoms with van der Waals surface area (Å²) in [5.41, 5.74) is 1.87. The molecule has 92 valence electrons. The van der Waals surface area contributed by atoms with Gasteiger partial charge in [0.2, 0.25) is 0 Å². The van der Waals surface area contributed by atoms with Gasteiger partial charge >= 0.3 is 0 Å². The summed E-state index contributed by atoms with van der Waals surface area (Å²) >= 11 is 0. The van der Waals surface area contributed by atoms with Crippen molar-refractivity contribution in [2.24, 2.45) is 5.41 Å². The van der Waals surface area contributed by atoms with Crippen molar-refractivity contribution in [1.82, 2.24) is 0 Å². The molecule has 0 saturated heterocycles. The molecule has 0 radical (unpaired) electrons. The van der Waals surface area contributed by atoms with Crippen LogP contribution in [-0.4, -0.2) is 14.2 Å². The summed E-state index contributed by atoms with van der Waals surface area (Å²) in [6.07, 6.45) is 0.704. The third-order valence-electron chi connectivity index (χ3n) is 2.78. The average Bonchev–Trinajstić information content (AvgIpc) is 2.31. The van der Waals surface area contributed by atoms with Crippen molar-refractivity contribution in [3.63, 3.8) is 0 Å². The van der Waals surface area contributed by atoms with Crippen LogP contribution in [-0.2, 0) is 6.42 Å². The van der Waals surface area contributed by atoms with Crippen LogP contribution in [0.5, 0.6) is 11.5 Å². The number of rotatable bonds is 4. The number of ether oxygens (including phenoxy) is 2. The minimum atomic E-state index is -0.371. The highest BCUT2D eigenvalue weighted by atomic mass is 16.5. The number of nitrogens with zero attached hydrogens (tertiary/aromatic N) is 1. The fraction of sp³-hybridized carbons (Fsp3) is 0.500. The molecule has 0 atom stereocenters. The number of hydrogen-bond acceptors (Lipinski definition) is 3. The second kappa shape index (κ2) is 5.09. The smallest absolute Gasteiger partial charge is 0.161 e. The van der Waals surface area contributed by atoms with E-state index in [0.29, 0.717) is 12.2 Å². The quantitative estimate of drug-likeness (QED) is 0.802. The minimum absolute atomic E-state index is 0.371. The van der Waals surface area contributed by atoms with E-state index in [1.165, 1.54) is 0 Å². The molecule has 0 aliphatic rings. The molecule has 0 N–H and O–H groups in total. The molecule has 0 bridgehead atoms. The standard InChI is InChI=1S/C14H19NO2/c1-10-6-12(16-4)13(17-5)7-11(10)8-14(2,3)9-15/h6-7H,8H2,1-5H3. The molecule has 3 nitrogen and oxygen atoms in total. The molecule has 0 amide bonds. The Labute approximate surface area is 103 Å². The molecule has 0 aromatic heterocycles. The Hall–Kier alpha value is -1.69. The van der Waals surface area contributed by atoms with Gasteiger partial charge in [0.05, 0.1) is 25.7 Å². The van der Waals surface area contributed by atoms with E-state index in [9.17, 15) is 0 Å². The van der Waals surface area contributed by atoms with E-state index in [4.69, 9.17) is 14.7 Å². The van der Waals surface area contributed by atoms with E-state index in [1.54, 1.807) is 14.2 Å². The number of aryl methyl sites for hydroxylation is 1. The SMILES string of the molecule is COc1cc(C)c(CC(C)(C)C#N)cc1OC. The topological polar surface area (TPSA) is 42.2 Å². The van der Waals surface area contributed by atoms with Gasteiger partial charge in [-0.05, 0) is 50.5 Å². The van der Waals surface area contributed by atoms with Crippen LogP contribution in [0.4, 0.5) is 0 Å². The van der Waals surface area contributed by atoms with E-state index in [0.717, 1.165) is 16.9 Å². The first-order valence-electron chi connectivity index (χ1n) is 5.56. The molecule has 17 heavy (non-hydrogen) atoms. The van der Waals surface area contributed by atoms with Crippen molar-refractivity contribution in [3.05, 3.63) is 23.3 Å². The molecule has 0 fully saturated rings. The van der Waals surface area contributed by atoms with E-state index >= 15 is 0 Å². The lowest BCUT2D eigenvalue weighted by atomic mass is 9.86. The van der Waals surface area contributed by atoms with E-state index in [1.807, 2.05) is 32.9 Å². The number of nitriles is 1. The summed E-state index contributed by atoms with van der Waals surface area (Å²) in [4.78, 5) is 0. The third-order valence-corrected chi connectivity index (χ3v) is 2.78. The molecule has 3 heteroatoms. The number of methoxy groups -OCH3 is 2. The Morgan fingerprint density at radius 2 is 1.71 bits per heavy atom. The Morgan fingerprint density at radius 1 is 1.18 bits per heavy atom. The van der Waals surface area contributed by atoms with E-state index in [-0.39, 0.29) is 5.41 Å². The molecule has 0 saturated carbocycles. The van der Waals surface area contributed by atoms with Crippen LogP contribution in [0.3, 0.4) is 0 Å². The lowest BCUT2D eigenvalue weighted by Gasteiger charge is -2.18. The zero-order valence-electron chi connectivity index (χ0n) is 11.1. The predicted molar refractivity (Wildman–Crippen MR) is 67.4 cm³/mol. The normalized spacial score (nSPS) is 10.8. The lowest BCUT2D eigenvalue weighted by Crippen LogP contribution is -2.13. The molecular weight excluding hydrogens is 214 g/mol. The van der Waals surface area contributed by atoms with Gasteiger partial charge in [0.25, 0.3) is 0 Å². The monoisotopic (exact) mass is 233 g/mol. The largest absolute Gasteiger partial charge is 0.493 e. The second-order valence-corrected chi connectivity index (χ2v) is 4.81. The summed E-state index contributed by atoms with van der Waals surface area (Å²) in [5.74, 6) is 1.44.